The first-order valence-electron chi connectivity index (χ1n) is 12.0. The maximum absolute atomic E-state index is 6.06. The van der Waals surface area contributed by atoms with Crippen molar-refractivity contribution in [2.24, 2.45) is 0 Å². The average Bonchev–Trinajstić information content (AvgIpc) is 3.37. The van der Waals surface area contributed by atoms with Gasteiger partial charge in [-0.05, 0) is 94.1 Å². The predicted molar refractivity (Wildman–Crippen MR) is 134 cm³/mol. The van der Waals surface area contributed by atoms with Crippen molar-refractivity contribution in [1.82, 2.24) is 19.4 Å². The van der Waals surface area contributed by atoms with Gasteiger partial charge in [-0.2, -0.15) is 0 Å². The van der Waals surface area contributed by atoms with Gasteiger partial charge in [-0.25, -0.2) is 4.98 Å². The van der Waals surface area contributed by atoms with Gasteiger partial charge in [-0.1, -0.05) is 12.1 Å². The summed E-state index contributed by atoms with van der Waals surface area (Å²) in [6, 6.07) is 22.0. The molecule has 0 unspecified atom stereocenters. The van der Waals surface area contributed by atoms with Crippen molar-refractivity contribution in [3.63, 3.8) is 0 Å². The van der Waals surface area contributed by atoms with Crippen LogP contribution in [0.15, 0.2) is 66.9 Å². The largest absolute Gasteiger partial charge is 0.494 e. The zero-order valence-corrected chi connectivity index (χ0v) is 19.7. The monoisotopic (exact) mass is 440 g/mol. The molecular formula is C28H32N4O. The summed E-state index contributed by atoms with van der Waals surface area (Å²) in [6.07, 6.45) is 5.48. The van der Waals surface area contributed by atoms with E-state index in [9.17, 15) is 0 Å². The Morgan fingerprint density at radius 1 is 0.970 bits per heavy atom. The Morgan fingerprint density at radius 3 is 2.48 bits per heavy atom. The first-order chi connectivity index (χ1) is 16.1. The molecule has 5 nitrogen and oxygen atoms in total. The molecule has 1 aliphatic rings. The van der Waals surface area contributed by atoms with Crippen LogP contribution in [0.3, 0.4) is 0 Å². The zero-order chi connectivity index (χ0) is 22.8. The van der Waals surface area contributed by atoms with Crippen LogP contribution in [-0.4, -0.2) is 44.7 Å². The van der Waals surface area contributed by atoms with Gasteiger partial charge in [-0.15, -0.1) is 0 Å². The number of imidazole rings is 1. The van der Waals surface area contributed by atoms with Crippen molar-refractivity contribution >= 4 is 11.0 Å². The van der Waals surface area contributed by atoms with E-state index >= 15 is 0 Å². The van der Waals surface area contributed by atoms with E-state index in [4.69, 9.17) is 9.72 Å². The Morgan fingerprint density at radius 2 is 1.76 bits per heavy atom. The number of ether oxygens (including phenoxy) is 1. The molecule has 0 radical (unpaired) electrons. The number of pyridine rings is 1. The van der Waals surface area contributed by atoms with Crippen molar-refractivity contribution in [3.8, 4) is 23.0 Å². The van der Waals surface area contributed by atoms with E-state index in [1.54, 1.807) is 0 Å². The molecule has 0 aliphatic carbocycles. The van der Waals surface area contributed by atoms with Crippen LogP contribution in [0, 0.1) is 6.92 Å². The van der Waals surface area contributed by atoms with Gasteiger partial charge in [0.25, 0.3) is 0 Å². The zero-order valence-electron chi connectivity index (χ0n) is 19.7. The summed E-state index contributed by atoms with van der Waals surface area (Å²) >= 11 is 0. The summed E-state index contributed by atoms with van der Waals surface area (Å²) in [5.74, 6) is 1.75. The van der Waals surface area contributed by atoms with Crippen LogP contribution >= 0.6 is 0 Å². The second kappa shape index (κ2) is 9.36. The van der Waals surface area contributed by atoms with E-state index in [1.807, 2.05) is 24.4 Å². The normalized spacial score (nSPS) is 18.8. The number of benzene rings is 2. The quantitative estimate of drug-likeness (QED) is 0.329. The molecule has 0 spiro atoms. The Hall–Kier alpha value is -3.18. The standard InChI is InChI=1S/C28H32N4O/c1-20-8-15-27-26(19-20)30-28(25-7-4-5-16-29-25)32(27)23-11-13-24(14-12-23)33-18-6-17-31-21(2)9-10-22(31)3/h4-5,7-8,11-16,19,21-22H,6,9-10,17-18H2,1-3H3/t21-,22-/m1/s1. The molecule has 0 amide bonds. The summed E-state index contributed by atoms with van der Waals surface area (Å²) in [4.78, 5) is 12.1. The van der Waals surface area contributed by atoms with Crippen molar-refractivity contribution < 1.29 is 4.74 Å². The third kappa shape index (κ3) is 4.51. The van der Waals surface area contributed by atoms with Gasteiger partial charge < -0.3 is 4.74 Å². The number of nitrogens with zero attached hydrogens (tertiary/aromatic N) is 4. The lowest BCUT2D eigenvalue weighted by Crippen LogP contribution is -2.34. The first-order valence-corrected chi connectivity index (χ1v) is 12.0. The fourth-order valence-corrected chi connectivity index (χ4v) is 4.94. The minimum absolute atomic E-state index is 0.696. The highest BCUT2D eigenvalue weighted by Crippen LogP contribution is 2.29. The number of hydrogen-bond acceptors (Lipinski definition) is 4. The van der Waals surface area contributed by atoms with Gasteiger partial charge in [0.15, 0.2) is 5.82 Å². The molecule has 3 heterocycles. The summed E-state index contributed by atoms with van der Waals surface area (Å²) in [7, 11) is 0. The van der Waals surface area contributed by atoms with E-state index in [1.165, 1.54) is 18.4 Å². The van der Waals surface area contributed by atoms with Crippen LogP contribution in [0.2, 0.25) is 0 Å². The number of hydrogen-bond donors (Lipinski definition) is 0. The van der Waals surface area contributed by atoms with Crippen molar-refractivity contribution in [1.29, 1.82) is 0 Å². The summed E-state index contributed by atoms with van der Waals surface area (Å²) in [5.41, 5.74) is 5.15. The fraction of sp³-hybridized carbons (Fsp3) is 0.357. The van der Waals surface area contributed by atoms with Crippen molar-refractivity contribution in [2.45, 2.75) is 52.1 Å². The predicted octanol–water partition coefficient (Wildman–Crippen LogP) is 6.04. The Balaban J connectivity index is 1.34. The van der Waals surface area contributed by atoms with Gasteiger partial charge in [0.2, 0.25) is 0 Å². The maximum atomic E-state index is 6.06. The lowest BCUT2D eigenvalue weighted by atomic mass is 10.2. The van der Waals surface area contributed by atoms with E-state index < -0.39 is 0 Å². The SMILES string of the molecule is Cc1ccc2c(c1)nc(-c1ccccn1)n2-c1ccc(OCCCN2[C@H](C)CC[C@H]2C)cc1. The average molecular weight is 441 g/mol. The fourth-order valence-electron chi connectivity index (χ4n) is 4.94. The third-order valence-corrected chi connectivity index (χ3v) is 6.76. The number of likely N-dealkylation sites (tertiary alicyclic amines) is 1. The first kappa shape index (κ1) is 21.7. The van der Waals surface area contributed by atoms with E-state index in [-0.39, 0.29) is 0 Å². The Labute approximate surface area is 196 Å². The topological polar surface area (TPSA) is 43.2 Å². The highest BCUT2D eigenvalue weighted by atomic mass is 16.5. The molecule has 5 rings (SSSR count). The molecule has 170 valence electrons. The smallest absolute Gasteiger partial charge is 0.164 e. The summed E-state index contributed by atoms with van der Waals surface area (Å²) in [5, 5.41) is 0. The molecule has 2 aromatic carbocycles. The van der Waals surface area contributed by atoms with Crippen molar-refractivity contribution in [2.75, 3.05) is 13.2 Å². The van der Waals surface area contributed by atoms with Gasteiger partial charge in [0.05, 0.1) is 17.6 Å². The van der Waals surface area contributed by atoms with Crippen LogP contribution < -0.4 is 4.74 Å². The Bertz CT molecular complexity index is 1210. The summed E-state index contributed by atoms with van der Waals surface area (Å²) < 4.78 is 8.24. The summed E-state index contributed by atoms with van der Waals surface area (Å²) in [6.45, 7) is 8.61. The molecule has 1 saturated heterocycles. The molecule has 2 atom stereocenters. The minimum Gasteiger partial charge on any atom is -0.494 e. The second-order valence-corrected chi connectivity index (χ2v) is 9.19. The van der Waals surface area contributed by atoms with Crippen LogP contribution in [0.1, 0.15) is 38.7 Å². The van der Waals surface area contributed by atoms with Crippen molar-refractivity contribution in [3.05, 3.63) is 72.4 Å². The van der Waals surface area contributed by atoms with Crippen LogP contribution in [0.5, 0.6) is 5.75 Å². The van der Waals surface area contributed by atoms with E-state index in [0.29, 0.717) is 12.1 Å². The molecule has 1 fully saturated rings. The third-order valence-electron chi connectivity index (χ3n) is 6.76. The van der Waals surface area contributed by atoms with E-state index in [0.717, 1.165) is 53.6 Å². The highest BCUT2D eigenvalue weighted by Gasteiger charge is 2.26. The van der Waals surface area contributed by atoms with Gasteiger partial charge in [0.1, 0.15) is 11.4 Å². The van der Waals surface area contributed by atoms with Crippen LogP contribution in [-0.2, 0) is 0 Å². The maximum Gasteiger partial charge on any atom is 0.164 e. The second-order valence-electron chi connectivity index (χ2n) is 9.19. The molecule has 2 aromatic heterocycles. The molecule has 0 saturated carbocycles. The van der Waals surface area contributed by atoms with Gasteiger partial charge in [-0.3, -0.25) is 14.5 Å². The van der Waals surface area contributed by atoms with E-state index in [2.05, 4.69) is 77.7 Å². The number of rotatable bonds is 7. The van der Waals surface area contributed by atoms with Crippen LogP contribution in [0.4, 0.5) is 0 Å². The number of fused-ring (bicyclic) bond motifs is 1. The molecule has 1 aliphatic heterocycles. The van der Waals surface area contributed by atoms with Gasteiger partial charge >= 0.3 is 0 Å². The highest BCUT2D eigenvalue weighted by molar-refractivity contribution is 5.83. The minimum atomic E-state index is 0.696. The molecule has 33 heavy (non-hydrogen) atoms. The molecule has 0 N–H and O–H groups in total. The molecule has 5 heteroatoms. The Kier molecular flexibility index (Phi) is 6.14. The molecule has 4 aromatic rings. The lowest BCUT2D eigenvalue weighted by Gasteiger charge is -2.25. The molecule has 0 bridgehead atoms. The lowest BCUT2D eigenvalue weighted by molar-refractivity contribution is 0.191. The van der Waals surface area contributed by atoms with Crippen LogP contribution in [0.25, 0.3) is 28.2 Å². The molecular weight excluding hydrogens is 408 g/mol. The number of aryl methyl sites for hydroxylation is 1. The van der Waals surface area contributed by atoms with Gasteiger partial charge in [0, 0.05) is 30.5 Å². The number of aromatic nitrogens is 3.